The summed E-state index contributed by atoms with van der Waals surface area (Å²) in [6.45, 7) is 18.2. The van der Waals surface area contributed by atoms with E-state index in [4.69, 9.17) is 9.98 Å². The van der Waals surface area contributed by atoms with Gasteiger partial charge in [0.05, 0.1) is 28.9 Å². The Morgan fingerprint density at radius 1 is 0.614 bits per heavy atom. The topological polar surface area (TPSA) is 52.5 Å². The van der Waals surface area contributed by atoms with Gasteiger partial charge in [0.1, 0.15) is 0 Å². The van der Waals surface area contributed by atoms with Crippen molar-refractivity contribution in [3.63, 3.8) is 0 Å². The molecule has 4 aliphatic heterocycles. The SMILES string of the molecule is CCC1=C(CC)/C2=C/C=C/C3=NC(=C\C4NC(=C(CC)C4CC)/C=C/C=c4\[nH]c(c(CC)c4CC)=CC1=N2)/C(CC)=C3CC. The molecule has 1 aromatic rings. The van der Waals surface area contributed by atoms with Crippen LogP contribution in [-0.4, -0.2) is 22.4 Å². The number of nitrogens with one attached hydrogen (secondary N) is 2. The molecule has 8 bridgehead atoms. The van der Waals surface area contributed by atoms with E-state index in [-0.39, 0.29) is 6.04 Å². The molecule has 0 saturated carbocycles. The standard InChI is InChI=1S/C40H52N4/c1-9-25-29(13-5)37-23-38-30(14-6)26(10-2)35(42-38)21-18-22-36-28(12-4)32(16-8)40(44-36)24-39-31(15-7)27(11-3)34(43-39)20-17-19-33(25)41-37/h17-24,29,37,41,43H,9-16H2,1-8H3/b19-17+,21-18+,34-20-,36-22-,38-23-,39-24?. The summed E-state index contributed by atoms with van der Waals surface area (Å²) in [6, 6.07) is 0.240. The molecule has 0 amide bonds. The van der Waals surface area contributed by atoms with E-state index in [2.05, 4.69) is 114 Å². The number of allylic oxidation sites excluding steroid dienone is 9. The van der Waals surface area contributed by atoms with E-state index in [1.807, 2.05) is 0 Å². The highest BCUT2D eigenvalue weighted by atomic mass is 15.0. The van der Waals surface area contributed by atoms with Crippen LogP contribution in [0.15, 0.2) is 91.4 Å². The number of hydrogen-bond donors (Lipinski definition) is 2. The first-order valence-corrected chi connectivity index (χ1v) is 17.3. The molecule has 4 aliphatic rings. The van der Waals surface area contributed by atoms with E-state index in [1.54, 1.807) is 0 Å². The number of aliphatic imine (C=N–C) groups is 2. The van der Waals surface area contributed by atoms with E-state index in [0.29, 0.717) is 5.92 Å². The Bertz CT molecular complexity index is 1700. The van der Waals surface area contributed by atoms with E-state index in [9.17, 15) is 0 Å². The normalized spacial score (nSPS) is 26.2. The van der Waals surface area contributed by atoms with Gasteiger partial charge in [0.2, 0.25) is 0 Å². The van der Waals surface area contributed by atoms with Gasteiger partial charge >= 0.3 is 0 Å². The summed E-state index contributed by atoms with van der Waals surface area (Å²) < 4.78 is 0. The molecular weight excluding hydrogens is 536 g/mol. The van der Waals surface area contributed by atoms with Crippen molar-refractivity contribution in [2.75, 3.05) is 0 Å². The maximum Gasteiger partial charge on any atom is 0.0693 e. The molecule has 4 heteroatoms. The van der Waals surface area contributed by atoms with E-state index in [1.165, 1.54) is 55.4 Å². The largest absolute Gasteiger partial charge is 0.378 e. The average Bonchev–Trinajstić information content (AvgIpc) is 3.75. The highest BCUT2D eigenvalue weighted by Gasteiger charge is 2.31. The van der Waals surface area contributed by atoms with Gasteiger partial charge in [0, 0.05) is 22.3 Å². The second kappa shape index (κ2) is 14.0. The van der Waals surface area contributed by atoms with E-state index >= 15 is 0 Å². The van der Waals surface area contributed by atoms with Crippen LogP contribution >= 0.6 is 0 Å². The predicted molar refractivity (Wildman–Crippen MR) is 190 cm³/mol. The van der Waals surface area contributed by atoms with Crippen LogP contribution < -0.4 is 16.0 Å². The quantitative estimate of drug-likeness (QED) is 0.315. The van der Waals surface area contributed by atoms with Crippen LogP contribution in [0.25, 0.3) is 12.2 Å². The first kappa shape index (κ1) is 31.8. The van der Waals surface area contributed by atoms with Crippen molar-refractivity contribution in [1.29, 1.82) is 0 Å². The predicted octanol–water partition coefficient (Wildman–Crippen LogP) is 8.40. The second-order valence-electron chi connectivity index (χ2n) is 12.0. The van der Waals surface area contributed by atoms with E-state index in [0.717, 1.165) is 74.2 Å². The lowest BCUT2D eigenvalue weighted by molar-refractivity contribution is 0.514. The van der Waals surface area contributed by atoms with Crippen LogP contribution in [0.1, 0.15) is 105 Å². The molecule has 0 fully saturated rings. The van der Waals surface area contributed by atoms with Crippen molar-refractivity contribution in [2.45, 2.75) is 113 Å². The first-order valence-electron chi connectivity index (χ1n) is 17.3. The summed E-state index contributed by atoms with van der Waals surface area (Å²) in [6.07, 6.45) is 26.1. The fourth-order valence-corrected chi connectivity index (χ4v) is 7.79. The number of hydrogen-bond acceptors (Lipinski definition) is 3. The van der Waals surface area contributed by atoms with Gasteiger partial charge in [0.25, 0.3) is 0 Å². The lowest BCUT2D eigenvalue weighted by Gasteiger charge is -2.18. The molecule has 0 aromatic carbocycles. The van der Waals surface area contributed by atoms with E-state index < -0.39 is 0 Å². The third-order valence-electron chi connectivity index (χ3n) is 9.87. The minimum Gasteiger partial charge on any atom is -0.378 e. The van der Waals surface area contributed by atoms with Gasteiger partial charge in [-0.05, 0) is 127 Å². The lowest BCUT2D eigenvalue weighted by Crippen LogP contribution is -2.26. The summed E-state index contributed by atoms with van der Waals surface area (Å²) in [7, 11) is 0. The van der Waals surface area contributed by atoms with Crippen molar-refractivity contribution in [3.05, 3.63) is 103 Å². The zero-order chi connectivity index (χ0) is 31.4. The number of aromatic nitrogens is 1. The van der Waals surface area contributed by atoms with Crippen molar-refractivity contribution in [2.24, 2.45) is 15.9 Å². The maximum atomic E-state index is 5.24. The Morgan fingerprint density at radius 2 is 1.23 bits per heavy atom. The summed E-state index contributed by atoms with van der Waals surface area (Å²) in [5, 5.41) is 6.31. The maximum absolute atomic E-state index is 5.24. The summed E-state index contributed by atoms with van der Waals surface area (Å²) in [5.41, 5.74) is 15.5. The molecule has 5 heterocycles. The van der Waals surface area contributed by atoms with Crippen LogP contribution in [0.4, 0.5) is 0 Å². The van der Waals surface area contributed by atoms with Gasteiger partial charge in [-0.15, -0.1) is 0 Å². The van der Waals surface area contributed by atoms with Gasteiger partial charge in [-0.2, -0.15) is 0 Å². The van der Waals surface area contributed by atoms with Gasteiger partial charge in [-0.3, -0.25) is 0 Å². The second-order valence-corrected chi connectivity index (χ2v) is 12.0. The molecule has 4 nitrogen and oxygen atoms in total. The molecule has 1 aromatic heterocycles. The minimum atomic E-state index is 0.240. The summed E-state index contributed by atoms with van der Waals surface area (Å²) in [4.78, 5) is 14.3. The van der Waals surface area contributed by atoms with Crippen molar-refractivity contribution >= 4 is 23.6 Å². The highest BCUT2D eigenvalue weighted by molar-refractivity contribution is 6.23. The zero-order valence-electron chi connectivity index (χ0n) is 28.3. The first-order chi connectivity index (χ1) is 21.5. The van der Waals surface area contributed by atoms with Crippen molar-refractivity contribution in [1.82, 2.24) is 10.3 Å². The smallest absolute Gasteiger partial charge is 0.0693 e. The van der Waals surface area contributed by atoms with Crippen LogP contribution in [-0.2, 0) is 12.8 Å². The molecule has 5 rings (SSSR count). The minimum absolute atomic E-state index is 0.240. The van der Waals surface area contributed by atoms with Gasteiger partial charge < -0.3 is 10.3 Å². The number of aromatic amines is 1. The van der Waals surface area contributed by atoms with Gasteiger partial charge in [-0.25, -0.2) is 9.98 Å². The molecule has 44 heavy (non-hydrogen) atoms. The molecule has 232 valence electrons. The Labute approximate surface area is 265 Å². The Morgan fingerprint density at radius 3 is 1.86 bits per heavy atom. The third-order valence-corrected chi connectivity index (χ3v) is 9.87. The fourth-order valence-electron chi connectivity index (χ4n) is 7.79. The highest BCUT2D eigenvalue weighted by Crippen LogP contribution is 2.37. The number of H-pyrrole nitrogens is 1. The summed E-state index contributed by atoms with van der Waals surface area (Å²) >= 11 is 0. The third kappa shape index (κ3) is 5.76. The van der Waals surface area contributed by atoms with Crippen LogP contribution in [0.5, 0.6) is 0 Å². The van der Waals surface area contributed by atoms with Crippen LogP contribution in [0.2, 0.25) is 0 Å². The molecule has 0 radical (unpaired) electrons. The molecule has 2 atom stereocenters. The van der Waals surface area contributed by atoms with Gasteiger partial charge in [0.15, 0.2) is 0 Å². The molecule has 2 N–H and O–H groups in total. The Kier molecular flexibility index (Phi) is 10.1. The number of nitrogens with zero attached hydrogens (tertiary/aromatic N) is 2. The Balaban J connectivity index is 1.75. The summed E-state index contributed by atoms with van der Waals surface area (Å²) in [5.74, 6) is 0.467. The fraction of sp³-hybridized carbons (Fsp3) is 0.450. The van der Waals surface area contributed by atoms with Gasteiger partial charge in [-0.1, -0.05) is 67.5 Å². The molecule has 0 saturated heterocycles. The molecular formula is C40H52N4. The van der Waals surface area contributed by atoms with Crippen LogP contribution in [0, 0.1) is 5.92 Å². The molecule has 0 spiro atoms. The number of fused-ring (bicyclic) bond motifs is 6. The lowest BCUT2D eigenvalue weighted by atomic mass is 9.88. The average molecular weight is 589 g/mol. The van der Waals surface area contributed by atoms with Crippen LogP contribution in [0.3, 0.4) is 0 Å². The monoisotopic (exact) mass is 588 g/mol. The van der Waals surface area contributed by atoms with Crippen molar-refractivity contribution < 1.29 is 0 Å². The Hall–Kier alpha value is -3.66. The number of rotatable bonds is 8. The zero-order valence-corrected chi connectivity index (χ0v) is 28.3. The molecule has 0 aliphatic carbocycles. The van der Waals surface area contributed by atoms with Crippen molar-refractivity contribution in [3.8, 4) is 0 Å². The molecule has 2 unspecified atom stereocenters.